The van der Waals surface area contributed by atoms with Crippen LogP contribution in [-0.2, 0) is 10.0 Å². The fraction of sp³-hybridized carbons (Fsp3) is 0.188. The summed E-state index contributed by atoms with van der Waals surface area (Å²) in [5.74, 6) is -2.44. The van der Waals surface area contributed by atoms with E-state index in [-0.39, 0.29) is 17.4 Å². The van der Waals surface area contributed by atoms with Crippen LogP contribution in [0.5, 0.6) is 0 Å². The number of halogens is 1. The number of benzene rings is 2. The number of carboxylic acids is 1. The highest BCUT2D eigenvalue weighted by Crippen LogP contribution is 2.39. The molecule has 5 nitrogen and oxygen atoms in total. The number of para-hydroxylation sites is 1. The second-order valence-corrected chi connectivity index (χ2v) is 7.31. The molecule has 0 bridgehead atoms. The minimum atomic E-state index is -3.95. The Bertz CT molecular complexity index is 895. The number of anilines is 1. The first-order valence-corrected chi connectivity index (χ1v) is 8.41. The minimum Gasteiger partial charge on any atom is -0.478 e. The number of rotatable bonds is 3. The first-order valence-electron chi connectivity index (χ1n) is 6.97. The summed E-state index contributed by atoms with van der Waals surface area (Å²) >= 11 is 0. The summed E-state index contributed by atoms with van der Waals surface area (Å²) in [6.45, 7) is 2.18. The van der Waals surface area contributed by atoms with Gasteiger partial charge in [-0.05, 0) is 29.8 Å². The van der Waals surface area contributed by atoms with Crippen molar-refractivity contribution in [1.82, 2.24) is 0 Å². The smallest absolute Gasteiger partial charge is 0.338 e. The van der Waals surface area contributed by atoms with E-state index in [0.717, 1.165) is 23.8 Å². The molecular weight excluding hydrogens is 321 g/mol. The number of aromatic carboxylic acids is 1. The van der Waals surface area contributed by atoms with Gasteiger partial charge in [0.25, 0.3) is 10.0 Å². The molecule has 120 valence electrons. The highest BCUT2D eigenvalue weighted by atomic mass is 32.2. The summed E-state index contributed by atoms with van der Waals surface area (Å²) in [6.07, 6.45) is 0. The van der Waals surface area contributed by atoms with Gasteiger partial charge in [0, 0.05) is 12.5 Å². The lowest BCUT2D eigenvalue weighted by atomic mass is 10.0. The van der Waals surface area contributed by atoms with Crippen molar-refractivity contribution in [3.05, 3.63) is 59.4 Å². The van der Waals surface area contributed by atoms with Crippen molar-refractivity contribution in [1.29, 1.82) is 0 Å². The molecule has 0 radical (unpaired) electrons. The summed E-state index contributed by atoms with van der Waals surface area (Å²) in [5, 5.41) is 8.97. The van der Waals surface area contributed by atoms with Crippen LogP contribution >= 0.6 is 0 Å². The van der Waals surface area contributed by atoms with Crippen molar-refractivity contribution in [2.75, 3.05) is 10.8 Å². The Morgan fingerprint density at radius 2 is 1.96 bits per heavy atom. The van der Waals surface area contributed by atoms with Crippen molar-refractivity contribution in [3.63, 3.8) is 0 Å². The van der Waals surface area contributed by atoms with Gasteiger partial charge in [-0.25, -0.2) is 17.6 Å². The number of carboxylic acid groups (broad SMARTS) is 1. The summed E-state index contributed by atoms with van der Waals surface area (Å²) in [5.41, 5.74) is 0.824. The Morgan fingerprint density at radius 3 is 2.65 bits per heavy atom. The third kappa shape index (κ3) is 2.46. The normalized spacial score (nSPS) is 17.1. The molecule has 2 aromatic carbocycles. The third-order valence-electron chi connectivity index (χ3n) is 3.93. The first kappa shape index (κ1) is 15.5. The van der Waals surface area contributed by atoms with Crippen LogP contribution in [0.2, 0.25) is 0 Å². The fourth-order valence-electron chi connectivity index (χ4n) is 2.76. The average molecular weight is 335 g/mol. The number of sulfonamides is 1. The van der Waals surface area contributed by atoms with Crippen molar-refractivity contribution in [3.8, 4) is 0 Å². The van der Waals surface area contributed by atoms with Gasteiger partial charge in [0.1, 0.15) is 5.82 Å². The SMILES string of the molecule is CC1CN(S(=O)(=O)c2ccc(F)c(C(=O)O)c2)c2ccccc21. The molecule has 1 unspecified atom stereocenters. The Labute approximate surface area is 133 Å². The van der Waals surface area contributed by atoms with E-state index in [1.807, 2.05) is 19.1 Å². The topological polar surface area (TPSA) is 74.7 Å². The standard InChI is InChI=1S/C16H14FNO4S/c1-10-9-18(15-5-3-2-4-12(10)15)23(21,22)11-6-7-14(17)13(8-11)16(19)20/h2-8,10H,9H2,1H3,(H,19,20). The van der Waals surface area contributed by atoms with Crippen LogP contribution in [0.3, 0.4) is 0 Å². The summed E-state index contributed by atoms with van der Waals surface area (Å²) in [4.78, 5) is 10.8. The van der Waals surface area contributed by atoms with Gasteiger partial charge in [0.05, 0.1) is 16.1 Å². The molecule has 0 fully saturated rings. The Kier molecular flexibility index (Phi) is 3.60. The third-order valence-corrected chi connectivity index (χ3v) is 5.71. The lowest BCUT2D eigenvalue weighted by molar-refractivity contribution is 0.0691. The Morgan fingerprint density at radius 1 is 1.26 bits per heavy atom. The van der Waals surface area contributed by atoms with Crippen LogP contribution in [0.1, 0.15) is 28.8 Å². The number of fused-ring (bicyclic) bond motifs is 1. The van der Waals surface area contributed by atoms with Gasteiger partial charge >= 0.3 is 5.97 Å². The molecular formula is C16H14FNO4S. The van der Waals surface area contributed by atoms with Crippen LogP contribution in [-0.4, -0.2) is 26.0 Å². The number of hydrogen-bond acceptors (Lipinski definition) is 3. The van der Waals surface area contributed by atoms with E-state index in [4.69, 9.17) is 5.11 Å². The van der Waals surface area contributed by atoms with Gasteiger partial charge < -0.3 is 5.11 Å². The second kappa shape index (κ2) is 5.34. The van der Waals surface area contributed by atoms with Gasteiger partial charge in [0.2, 0.25) is 0 Å². The molecule has 23 heavy (non-hydrogen) atoms. The van der Waals surface area contributed by atoms with E-state index < -0.39 is 27.4 Å². The van der Waals surface area contributed by atoms with Crippen molar-refractivity contribution in [2.45, 2.75) is 17.7 Å². The zero-order chi connectivity index (χ0) is 16.8. The van der Waals surface area contributed by atoms with E-state index in [9.17, 15) is 17.6 Å². The van der Waals surface area contributed by atoms with E-state index in [0.29, 0.717) is 5.69 Å². The van der Waals surface area contributed by atoms with Crippen molar-refractivity contribution in [2.24, 2.45) is 0 Å². The molecule has 1 N–H and O–H groups in total. The van der Waals surface area contributed by atoms with Gasteiger partial charge in [-0.3, -0.25) is 4.31 Å². The second-order valence-electron chi connectivity index (χ2n) is 5.44. The molecule has 0 saturated carbocycles. The van der Waals surface area contributed by atoms with E-state index in [1.165, 1.54) is 4.31 Å². The Balaban J connectivity index is 2.11. The van der Waals surface area contributed by atoms with Crippen LogP contribution < -0.4 is 4.31 Å². The lowest BCUT2D eigenvalue weighted by Crippen LogP contribution is -2.30. The molecule has 1 heterocycles. The molecule has 0 saturated heterocycles. The van der Waals surface area contributed by atoms with Gasteiger partial charge in [-0.1, -0.05) is 25.1 Å². The van der Waals surface area contributed by atoms with Gasteiger partial charge in [-0.2, -0.15) is 0 Å². The first-order chi connectivity index (χ1) is 10.8. The largest absolute Gasteiger partial charge is 0.478 e. The minimum absolute atomic E-state index is 0.0281. The van der Waals surface area contributed by atoms with Crippen molar-refractivity contribution >= 4 is 21.7 Å². The van der Waals surface area contributed by atoms with Crippen LogP contribution in [0.25, 0.3) is 0 Å². The Hall–Kier alpha value is -2.41. The maximum absolute atomic E-state index is 13.5. The van der Waals surface area contributed by atoms with Gasteiger partial charge in [-0.15, -0.1) is 0 Å². The number of nitrogens with zero attached hydrogens (tertiary/aromatic N) is 1. The molecule has 3 rings (SSSR count). The zero-order valence-corrected chi connectivity index (χ0v) is 13.0. The number of hydrogen-bond donors (Lipinski definition) is 1. The summed E-state index contributed by atoms with van der Waals surface area (Å²) < 4.78 is 40.4. The van der Waals surface area contributed by atoms with Crippen molar-refractivity contribution < 1.29 is 22.7 Å². The average Bonchev–Trinajstić information content (AvgIpc) is 2.85. The van der Waals surface area contributed by atoms with E-state index >= 15 is 0 Å². The molecule has 0 aliphatic carbocycles. The predicted octanol–water partition coefficient (Wildman–Crippen LogP) is 2.84. The quantitative estimate of drug-likeness (QED) is 0.936. The highest BCUT2D eigenvalue weighted by molar-refractivity contribution is 7.92. The lowest BCUT2D eigenvalue weighted by Gasteiger charge is -2.20. The van der Waals surface area contributed by atoms with Gasteiger partial charge in [0.15, 0.2) is 0 Å². The van der Waals surface area contributed by atoms with Crippen LogP contribution in [0.15, 0.2) is 47.4 Å². The monoisotopic (exact) mass is 335 g/mol. The summed E-state index contributed by atoms with van der Waals surface area (Å²) in [7, 11) is -3.95. The molecule has 0 amide bonds. The molecule has 0 aromatic heterocycles. The molecule has 0 spiro atoms. The number of carbonyl (C=O) groups is 1. The maximum Gasteiger partial charge on any atom is 0.338 e. The van der Waals surface area contributed by atoms with Crippen LogP contribution in [0, 0.1) is 5.82 Å². The molecule has 7 heteroatoms. The van der Waals surface area contributed by atoms with E-state index in [2.05, 4.69) is 0 Å². The molecule has 1 aliphatic rings. The predicted molar refractivity (Wildman–Crippen MR) is 82.7 cm³/mol. The van der Waals surface area contributed by atoms with Crippen LogP contribution in [0.4, 0.5) is 10.1 Å². The molecule has 1 aliphatic heterocycles. The summed E-state index contributed by atoms with van der Waals surface area (Å²) in [6, 6.07) is 9.96. The molecule has 2 aromatic rings. The maximum atomic E-state index is 13.5. The zero-order valence-electron chi connectivity index (χ0n) is 12.2. The molecule has 1 atom stereocenters. The highest BCUT2D eigenvalue weighted by Gasteiger charge is 2.34. The fourth-order valence-corrected chi connectivity index (χ4v) is 4.37. The van der Waals surface area contributed by atoms with E-state index in [1.54, 1.807) is 12.1 Å².